The zero-order valence-corrected chi connectivity index (χ0v) is 19.4. The van der Waals surface area contributed by atoms with Gasteiger partial charge in [0.05, 0.1) is 10.6 Å². The second kappa shape index (κ2) is 8.94. The van der Waals surface area contributed by atoms with E-state index in [9.17, 15) is 13.2 Å². The first kappa shape index (κ1) is 22.6. The van der Waals surface area contributed by atoms with Crippen LogP contribution in [-0.2, 0) is 16.6 Å². The van der Waals surface area contributed by atoms with Gasteiger partial charge in [0.25, 0.3) is 15.9 Å². The van der Waals surface area contributed by atoms with Gasteiger partial charge in [-0.3, -0.25) is 9.10 Å². The third-order valence-corrected chi connectivity index (χ3v) is 7.11. The Kier molecular flexibility index (Phi) is 6.51. The van der Waals surface area contributed by atoms with Gasteiger partial charge in [0.15, 0.2) is 0 Å². The lowest BCUT2D eigenvalue weighted by Crippen LogP contribution is -2.29. The summed E-state index contributed by atoms with van der Waals surface area (Å²) in [5, 5.41) is 0. The highest BCUT2D eigenvalue weighted by atomic mass is 32.2. The molecule has 0 bridgehead atoms. The van der Waals surface area contributed by atoms with Crippen LogP contribution in [0.1, 0.15) is 32.6 Å². The molecule has 5 nitrogen and oxygen atoms in total. The molecule has 3 aromatic rings. The lowest BCUT2D eigenvalue weighted by Gasteiger charge is -2.23. The largest absolute Gasteiger partial charge is 0.337 e. The van der Waals surface area contributed by atoms with Gasteiger partial charge >= 0.3 is 0 Å². The molecule has 0 radical (unpaired) electrons. The molecule has 0 aliphatic rings. The first-order valence-electron chi connectivity index (χ1n) is 10.1. The molecule has 0 saturated heterocycles. The van der Waals surface area contributed by atoms with Crippen LogP contribution in [0.2, 0.25) is 0 Å². The van der Waals surface area contributed by atoms with Crippen LogP contribution in [0.5, 0.6) is 0 Å². The molecule has 0 aliphatic carbocycles. The summed E-state index contributed by atoms with van der Waals surface area (Å²) in [5.74, 6) is -0.163. The number of carbonyl (C=O) groups excluding carboxylic acids is 1. The van der Waals surface area contributed by atoms with E-state index in [0.29, 0.717) is 17.8 Å². The number of rotatable bonds is 6. The monoisotopic (exact) mass is 436 g/mol. The molecule has 0 saturated carbocycles. The summed E-state index contributed by atoms with van der Waals surface area (Å²) in [6.45, 7) is 6.23. The third kappa shape index (κ3) is 4.97. The van der Waals surface area contributed by atoms with Crippen molar-refractivity contribution in [1.29, 1.82) is 0 Å². The van der Waals surface area contributed by atoms with Gasteiger partial charge in [-0.2, -0.15) is 0 Å². The Labute approximate surface area is 185 Å². The van der Waals surface area contributed by atoms with Crippen LogP contribution < -0.4 is 4.31 Å². The molecule has 3 rings (SSSR count). The molecule has 0 N–H and O–H groups in total. The minimum absolute atomic E-state index is 0.163. The molecule has 0 unspecified atom stereocenters. The number of amides is 1. The van der Waals surface area contributed by atoms with Crippen LogP contribution >= 0.6 is 0 Å². The minimum atomic E-state index is -3.74. The quantitative estimate of drug-likeness (QED) is 0.562. The second-order valence-electron chi connectivity index (χ2n) is 7.94. The molecule has 3 aromatic carbocycles. The fourth-order valence-electron chi connectivity index (χ4n) is 3.46. The molecule has 162 valence electrons. The Hall–Kier alpha value is -3.12. The number of aryl methyl sites for hydroxylation is 3. The second-order valence-corrected chi connectivity index (χ2v) is 9.91. The van der Waals surface area contributed by atoms with Crippen molar-refractivity contribution in [3.63, 3.8) is 0 Å². The molecular weight excluding hydrogens is 408 g/mol. The van der Waals surface area contributed by atoms with E-state index in [1.165, 1.54) is 11.4 Å². The Bertz CT molecular complexity index is 1200. The molecule has 31 heavy (non-hydrogen) atoms. The van der Waals surface area contributed by atoms with Crippen molar-refractivity contribution in [1.82, 2.24) is 4.90 Å². The third-order valence-electron chi connectivity index (χ3n) is 5.32. The van der Waals surface area contributed by atoms with E-state index in [-0.39, 0.29) is 10.8 Å². The van der Waals surface area contributed by atoms with Gasteiger partial charge in [-0.25, -0.2) is 8.42 Å². The molecule has 6 heteroatoms. The van der Waals surface area contributed by atoms with Crippen molar-refractivity contribution < 1.29 is 13.2 Å². The number of nitrogens with zero attached hydrogens (tertiary/aromatic N) is 2. The summed E-state index contributed by atoms with van der Waals surface area (Å²) < 4.78 is 27.5. The normalized spacial score (nSPS) is 11.3. The van der Waals surface area contributed by atoms with Gasteiger partial charge in [0.1, 0.15) is 0 Å². The molecule has 0 fully saturated rings. The maximum absolute atomic E-state index is 13.1. The average molecular weight is 437 g/mol. The Balaban J connectivity index is 1.88. The van der Waals surface area contributed by atoms with Crippen molar-refractivity contribution in [2.24, 2.45) is 0 Å². The van der Waals surface area contributed by atoms with E-state index >= 15 is 0 Å². The lowest BCUT2D eigenvalue weighted by atomic mass is 10.1. The Morgan fingerprint density at radius 2 is 1.52 bits per heavy atom. The van der Waals surface area contributed by atoms with E-state index in [1.807, 2.05) is 45.0 Å². The highest BCUT2D eigenvalue weighted by Gasteiger charge is 2.24. The number of hydrogen-bond acceptors (Lipinski definition) is 3. The van der Waals surface area contributed by atoms with Crippen molar-refractivity contribution in [3.8, 4) is 0 Å². The molecule has 0 atom stereocenters. The highest BCUT2D eigenvalue weighted by molar-refractivity contribution is 7.92. The van der Waals surface area contributed by atoms with Gasteiger partial charge in [0.2, 0.25) is 0 Å². The standard InChI is InChI=1S/C25H28N2O3S/c1-18-9-13-23(14-10-18)31(29,30)27(5)24-16-22(12-11-20(24)3)25(28)26(4)17-21-8-6-7-19(2)15-21/h6-16H,17H2,1-5H3. The number of sulfonamides is 1. The molecule has 0 aliphatic heterocycles. The van der Waals surface area contributed by atoms with Crippen LogP contribution in [0.15, 0.2) is 71.6 Å². The first-order chi connectivity index (χ1) is 14.6. The molecule has 1 amide bonds. The lowest BCUT2D eigenvalue weighted by molar-refractivity contribution is 0.0785. The van der Waals surface area contributed by atoms with Gasteiger partial charge in [0, 0.05) is 26.2 Å². The molecule has 0 heterocycles. The summed E-state index contributed by atoms with van der Waals surface area (Å²) in [6.07, 6.45) is 0. The number of hydrogen-bond donors (Lipinski definition) is 0. The van der Waals surface area contributed by atoms with Crippen LogP contribution in [0, 0.1) is 20.8 Å². The van der Waals surface area contributed by atoms with E-state index in [2.05, 4.69) is 0 Å². The van der Waals surface area contributed by atoms with Crippen LogP contribution in [0.4, 0.5) is 5.69 Å². The Morgan fingerprint density at radius 1 is 0.839 bits per heavy atom. The molecule has 0 aromatic heterocycles. The van der Waals surface area contributed by atoms with Crippen molar-refractivity contribution in [2.75, 3.05) is 18.4 Å². The van der Waals surface area contributed by atoms with E-state index in [4.69, 9.17) is 0 Å². The zero-order valence-electron chi connectivity index (χ0n) is 18.6. The maximum Gasteiger partial charge on any atom is 0.264 e. The van der Waals surface area contributed by atoms with E-state index < -0.39 is 10.0 Å². The van der Waals surface area contributed by atoms with Crippen molar-refractivity contribution >= 4 is 21.6 Å². The van der Waals surface area contributed by atoms with Crippen molar-refractivity contribution in [3.05, 3.63) is 94.5 Å². The summed E-state index contributed by atoms with van der Waals surface area (Å²) in [5.41, 5.74) is 4.87. The van der Waals surface area contributed by atoms with Crippen LogP contribution in [-0.4, -0.2) is 33.3 Å². The molecular formula is C25H28N2O3S. The minimum Gasteiger partial charge on any atom is -0.337 e. The van der Waals surface area contributed by atoms with Crippen LogP contribution in [0.3, 0.4) is 0 Å². The van der Waals surface area contributed by atoms with E-state index in [0.717, 1.165) is 22.3 Å². The average Bonchev–Trinajstić information content (AvgIpc) is 2.73. The summed E-state index contributed by atoms with van der Waals surface area (Å²) in [4.78, 5) is 14.9. The van der Waals surface area contributed by atoms with E-state index in [1.54, 1.807) is 54.4 Å². The first-order valence-corrected chi connectivity index (χ1v) is 11.5. The number of anilines is 1. The van der Waals surface area contributed by atoms with Crippen molar-refractivity contribution in [2.45, 2.75) is 32.2 Å². The smallest absolute Gasteiger partial charge is 0.264 e. The number of carbonyl (C=O) groups is 1. The topological polar surface area (TPSA) is 57.7 Å². The summed E-state index contributed by atoms with van der Waals surface area (Å²) in [7, 11) is -0.476. The maximum atomic E-state index is 13.1. The summed E-state index contributed by atoms with van der Waals surface area (Å²) >= 11 is 0. The van der Waals surface area contributed by atoms with Gasteiger partial charge in [-0.05, 0) is 56.2 Å². The van der Waals surface area contributed by atoms with Gasteiger partial charge in [-0.1, -0.05) is 53.6 Å². The van der Waals surface area contributed by atoms with Gasteiger partial charge in [-0.15, -0.1) is 0 Å². The number of benzene rings is 3. The highest BCUT2D eigenvalue weighted by Crippen LogP contribution is 2.27. The predicted molar refractivity (Wildman–Crippen MR) is 125 cm³/mol. The fraction of sp³-hybridized carbons (Fsp3) is 0.240. The fourth-order valence-corrected chi connectivity index (χ4v) is 4.71. The zero-order chi connectivity index (χ0) is 22.8. The molecule has 0 spiro atoms. The van der Waals surface area contributed by atoms with Gasteiger partial charge < -0.3 is 4.90 Å². The predicted octanol–water partition coefficient (Wildman–Crippen LogP) is 4.71. The SMILES string of the molecule is Cc1ccc(S(=O)(=O)N(C)c2cc(C(=O)N(C)Cc3cccc(C)c3)ccc2C)cc1. The summed E-state index contributed by atoms with van der Waals surface area (Å²) in [6, 6.07) is 19.9. The van der Waals surface area contributed by atoms with Crippen LogP contribution in [0.25, 0.3) is 0 Å². The Morgan fingerprint density at radius 3 is 2.16 bits per heavy atom.